The maximum atomic E-state index is 13.5. The van der Waals surface area contributed by atoms with Crippen LogP contribution in [0.25, 0.3) is 0 Å². The van der Waals surface area contributed by atoms with E-state index in [1.165, 1.54) is 0 Å². The molecule has 8 atom stereocenters. The number of hydrogen-bond acceptors (Lipinski definition) is 5. The van der Waals surface area contributed by atoms with Gasteiger partial charge in [0, 0.05) is 30.1 Å². The average Bonchev–Trinajstić information content (AvgIpc) is 2.89. The fraction of sp³-hybridized carbons (Fsp3) is 0.864. The van der Waals surface area contributed by atoms with Gasteiger partial charge in [-0.1, -0.05) is 20.8 Å². The fourth-order valence-corrected chi connectivity index (χ4v) is 7.93. The number of carbonyl (C=O) groups excluding carboxylic acids is 3. The van der Waals surface area contributed by atoms with Crippen LogP contribution in [0, 0.1) is 40.4 Å². The molecule has 4 aliphatic carbocycles. The first-order valence-electron chi connectivity index (χ1n) is 10.5. The Morgan fingerprint density at radius 2 is 1.78 bits per heavy atom. The predicted molar refractivity (Wildman–Crippen MR) is 98.7 cm³/mol. The maximum absolute atomic E-state index is 13.5. The van der Waals surface area contributed by atoms with Crippen molar-refractivity contribution in [2.24, 2.45) is 40.4 Å². The second-order valence-electron chi connectivity index (χ2n) is 10.2. The highest BCUT2D eigenvalue weighted by atomic mass is 16.3. The van der Waals surface area contributed by atoms with Crippen LogP contribution in [-0.2, 0) is 14.4 Å². The Morgan fingerprint density at radius 1 is 1.07 bits per heavy atom. The normalized spacial score (nSPS) is 52.1. The first-order valence-corrected chi connectivity index (χ1v) is 10.5. The molecule has 2 unspecified atom stereocenters. The molecule has 0 spiro atoms. The quantitative estimate of drug-likeness (QED) is 0.772. The Labute approximate surface area is 160 Å². The summed E-state index contributed by atoms with van der Waals surface area (Å²) >= 11 is 0. The largest absolute Gasteiger partial charge is 0.388 e. The summed E-state index contributed by atoms with van der Waals surface area (Å²) in [4.78, 5) is 38.1. The van der Waals surface area contributed by atoms with E-state index >= 15 is 0 Å². The molecule has 0 aromatic heterocycles. The van der Waals surface area contributed by atoms with Crippen molar-refractivity contribution in [1.82, 2.24) is 0 Å². The highest BCUT2D eigenvalue weighted by molar-refractivity contribution is 5.92. The third kappa shape index (κ3) is 2.27. The van der Waals surface area contributed by atoms with E-state index in [1.54, 1.807) is 0 Å². The van der Waals surface area contributed by atoms with Gasteiger partial charge in [0.25, 0.3) is 0 Å². The van der Waals surface area contributed by atoms with Gasteiger partial charge in [-0.05, 0) is 55.3 Å². The first kappa shape index (κ1) is 19.3. The summed E-state index contributed by atoms with van der Waals surface area (Å²) in [5.41, 5.74) is -2.54. The third-order valence-electron chi connectivity index (χ3n) is 9.41. The van der Waals surface area contributed by atoms with E-state index in [0.29, 0.717) is 18.6 Å². The van der Waals surface area contributed by atoms with Gasteiger partial charge in [-0.3, -0.25) is 14.4 Å². The lowest BCUT2D eigenvalue weighted by molar-refractivity contribution is -0.181. The monoisotopic (exact) mass is 376 g/mol. The second kappa shape index (κ2) is 5.96. The molecule has 0 aliphatic heterocycles. The van der Waals surface area contributed by atoms with Crippen molar-refractivity contribution < 1.29 is 24.6 Å². The molecule has 0 heterocycles. The van der Waals surface area contributed by atoms with Crippen molar-refractivity contribution >= 4 is 17.3 Å². The lowest BCUT2D eigenvalue weighted by Crippen LogP contribution is -2.62. The van der Waals surface area contributed by atoms with Gasteiger partial charge < -0.3 is 10.2 Å². The summed E-state index contributed by atoms with van der Waals surface area (Å²) in [5, 5.41) is 20.6. The Bertz CT molecular complexity index is 701. The number of carbonyl (C=O) groups is 3. The lowest BCUT2D eigenvalue weighted by atomic mass is 9.43. The molecule has 0 radical (unpaired) electrons. The number of aliphatic hydroxyl groups excluding tert-OH is 1. The van der Waals surface area contributed by atoms with Crippen molar-refractivity contribution in [3.63, 3.8) is 0 Å². The average molecular weight is 376 g/mol. The zero-order valence-corrected chi connectivity index (χ0v) is 16.7. The van der Waals surface area contributed by atoms with Crippen LogP contribution < -0.4 is 0 Å². The van der Waals surface area contributed by atoms with Crippen molar-refractivity contribution in [1.29, 1.82) is 0 Å². The van der Waals surface area contributed by atoms with Crippen molar-refractivity contribution in [3.05, 3.63) is 0 Å². The van der Waals surface area contributed by atoms with Gasteiger partial charge in [0.05, 0.1) is 0 Å². The van der Waals surface area contributed by atoms with E-state index in [4.69, 9.17) is 0 Å². The highest BCUT2D eigenvalue weighted by Crippen LogP contribution is 2.67. The molecule has 5 heteroatoms. The van der Waals surface area contributed by atoms with Crippen molar-refractivity contribution in [3.8, 4) is 0 Å². The zero-order valence-electron chi connectivity index (χ0n) is 16.7. The van der Waals surface area contributed by atoms with Gasteiger partial charge in [0.1, 0.15) is 23.8 Å². The van der Waals surface area contributed by atoms with E-state index in [-0.39, 0.29) is 47.2 Å². The third-order valence-corrected chi connectivity index (χ3v) is 9.41. The SMILES string of the molecule is CC1C(=O)CC[C@@]2(C)C1CC[C@@H]1[C@@H]2C(=O)C[C@@]2(C)[C@H]1CC[C@]2(O)C(=O)CO. The van der Waals surface area contributed by atoms with Crippen LogP contribution in [0.15, 0.2) is 0 Å². The molecule has 0 amide bonds. The smallest absolute Gasteiger partial charge is 0.190 e. The van der Waals surface area contributed by atoms with Gasteiger partial charge in [0.15, 0.2) is 5.78 Å². The fourth-order valence-electron chi connectivity index (χ4n) is 7.93. The first-order chi connectivity index (χ1) is 12.6. The lowest BCUT2D eigenvalue weighted by Gasteiger charge is -2.60. The van der Waals surface area contributed by atoms with Crippen LogP contribution in [0.2, 0.25) is 0 Å². The van der Waals surface area contributed by atoms with Gasteiger partial charge >= 0.3 is 0 Å². The maximum Gasteiger partial charge on any atom is 0.190 e. The molecular weight excluding hydrogens is 344 g/mol. The highest BCUT2D eigenvalue weighted by Gasteiger charge is 2.69. The Hall–Kier alpha value is -1.07. The van der Waals surface area contributed by atoms with Crippen LogP contribution in [-0.4, -0.2) is 39.8 Å². The molecule has 0 saturated heterocycles. The molecule has 4 saturated carbocycles. The summed E-state index contributed by atoms with van der Waals surface area (Å²) in [5.74, 6) is 0.415. The van der Waals surface area contributed by atoms with E-state index in [0.717, 1.165) is 25.7 Å². The second-order valence-corrected chi connectivity index (χ2v) is 10.2. The minimum Gasteiger partial charge on any atom is -0.388 e. The van der Waals surface area contributed by atoms with Crippen LogP contribution in [0.3, 0.4) is 0 Å². The van der Waals surface area contributed by atoms with E-state index in [9.17, 15) is 24.6 Å². The Morgan fingerprint density at radius 3 is 2.44 bits per heavy atom. The van der Waals surface area contributed by atoms with Gasteiger partial charge in [-0.15, -0.1) is 0 Å². The predicted octanol–water partition coefficient (Wildman–Crippen LogP) is 2.32. The number of ketones is 3. The van der Waals surface area contributed by atoms with E-state index < -0.39 is 23.4 Å². The molecule has 2 N–H and O–H groups in total. The number of Topliss-reactive ketones (excluding diaryl/α,β-unsaturated/α-hetero) is 3. The topological polar surface area (TPSA) is 91.7 Å². The number of rotatable bonds is 2. The van der Waals surface area contributed by atoms with Gasteiger partial charge in [0.2, 0.25) is 0 Å². The number of fused-ring (bicyclic) bond motifs is 5. The van der Waals surface area contributed by atoms with Crippen molar-refractivity contribution in [2.45, 2.75) is 71.3 Å². The van der Waals surface area contributed by atoms with Gasteiger partial charge in [-0.25, -0.2) is 0 Å². The molecular formula is C22H32O5. The summed E-state index contributed by atoms with van der Waals surface area (Å²) in [7, 11) is 0. The minimum absolute atomic E-state index is 0.0160. The van der Waals surface area contributed by atoms with E-state index in [1.807, 2.05) is 13.8 Å². The van der Waals surface area contributed by atoms with E-state index in [2.05, 4.69) is 6.92 Å². The molecule has 5 nitrogen and oxygen atoms in total. The zero-order chi connectivity index (χ0) is 19.8. The number of aliphatic hydroxyl groups is 2. The summed E-state index contributed by atoms with van der Waals surface area (Å²) in [6, 6.07) is 0. The number of hydrogen-bond donors (Lipinski definition) is 2. The molecule has 4 rings (SSSR count). The summed E-state index contributed by atoms with van der Waals surface area (Å²) in [6.07, 6.45) is 4.42. The summed E-state index contributed by atoms with van der Waals surface area (Å²) < 4.78 is 0. The Balaban J connectivity index is 1.72. The molecule has 4 fully saturated rings. The van der Waals surface area contributed by atoms with Crippen LogP contribution >= 0.6 is 0 Å². The van der Waals surface area contributed by atoms with Crippen LogP contribution in [0.1, 0.15) is 65.7 Å². The van der Waals surface area contributed by atoms with Gasteiger partial charge in [-0.2, -0.15) is 0 Å². The molecule has 27 heavy (non-hydrogen) atoms. The summed E-state index contributed by atoms with van der Waals surface area (Å²) in [6.45, 7) is 5.43. The Kier molecular flexibility index (Phi) is 4.25. The molecule has 0 aromatic rings. The van der Waals surface area contributed by atoms with Crippen LogP contribution in [0.5, 0.6) is 0 Å². The minimum atomic E-state index is -1.60. The molecule has 150 valence electrons. The molecule has 0 aromatic carbocycles. The van der Waals surface area contributed by atoms with Crippen LogP contribution in [0.4, 0.5) is 0 Å². The molecule has 0 bridgehead atoms. The van der Waals surface area contributed by atoms with Crippen molar-refractivity contribution in [2.75, 3.05) is 6.61 Å². The standard InChI is InChI=1S/C22H32O5/c1-12-14-5-4-13-15-6-9-22(27,18(26)11-23)21(15,3)10-17(25)19(13)20(14,2)8-7-16(12)24/h12-15,19,23,27H,4-11H2,1-3H3/t12?,13-,14?,15-,19+,20-,21-,22-/m0/s1. The molecule has 4 aliphatic rings.